The minimum atomic E-state index is -2.69. The Labute approximate surface area is 354 Å². The first-order valence-electron chi connectivity index (χ1n) is 21.1. The van der Waals surface area contributed by atoms with Crippen molar-refractivity contribution in [3.63, 3.8) is 0 Å². The molecule has 4 aliphatic rings. The molecule has 1 aliphatic carbocycles. The molecule has 1 aromatic heterocycles. The molecule has 0 amide bonds. The number of hydrogen-bond donors (Lipinski definition) is 0. The monoisotopic (exact) mass is 795 g/mol. The molecule has 3 aliphatic heterocycles. The Balaban J connectivity index is 1.06. The van der Waals surface area contributed by atoms with E-state index >= 15 is 0 Å². The number of rotatable bonds is 1. The van der Waals surface area contributed by atoms with Gasteiger partial charge in [0.15, 0.2) is 8.07 Å². The van der Waals surface area contributed by atoms with Gasteiger partial charge in [-0.15, -0.1) is 11.3 Å². The maximum Gasteiger partial charge on any atom is 0.182 e. The third-order valence-electron chi connectivity index (χ3n) is 14.4. The van der Waals surface area contributed by atoms with Gasteiger partial charge in [0, 0.05) is 25.9 Å². The van der Waals surface area contributed by atoms with Gasteiger partial charge in [-0.1, -0.05) is 163 Å². The van der Waals surface area contributed by atoms with E-state index in [0.29, 0.717) is 0 Å². The van der Waals surface area contributed by atoms with Gasteiger partial charge in [0.05, 0.1) is 16.8 Å². The second-order valence-electron chi connectivity index (χ2n) is 17.2. The van der Waals surface area contributed by atoms with Crippen LogP contribution in [0.1, 0.15) is 33.4 Å². The van der Waals surface area contributed by atoms with E-state index in [-0.39, 0.29) is 0 Å². The van der Waals surface area contributed by atoms with E-state index in [1.807, 2.05) is 11.3 Å². The molecule has 0 atom stereocenters. The Morgan fingerprint density at radius 1 is 0.417 bits per heavy atom. The number of nitrogens with zero attached hydrogens (tertiary/aromatic N) is 1. The van der Waals surface area contributed by atoms with E-state index in [2.05, 4.69) is 207 Å². The summed E-state index contributed by atoms with van der Waals surface area (Å²) < 4.78 is 2.69. The van der Waals surface area contributed by atoms with Crippen LogP contribution in [-0.2, 0) is 5.41 Å². The molecule has 280 valence electrons. The fraction of sp³-hybridized carbons (Fsp3) is 0.0526. The number of anilines is 3. The van der Waals surface area contributed by atoms with Gasteiger partial charge in [0.1, 0.15) is 0 Å². The van der Waals surface area contributed by atoms with Gasteiger partial charge >= 0.3 is 0 Å². The minimum absolute atomic E-state index is 0.492. The zero-order chi connectivity index (χ0) is 39.5. The lowest BCUT2D eigenvalue weighted by molar-refractivity contribution is 0.753. The van der Waals surface area contributed by atoms with Gasteiger partial charge in [0.2, 0.25) is 0 Å². The van der Waals surface area contributed by atoms with Crippen molar-refractivity contribution in [3.05, 3.63) is 221 Å². The van der Waals surface area contributed by atoms with Crippen LogP contribution in [0, 0.1) is 13.8 Å². The van der Waals surface area contributed by atoms with Crippen molar-refractivity contribution in [3.8, 4) is 33.4 Å². The first-order valence-corrected chi connectivity index (χ1v) is 23.9. The highest BCUT2D eigenvalue weighted by molar-refractivity contribution is 7.26. The standard InChI is InChI=1S/C57H37NSSi/c1-34-23-26-38-39-27-24-35(2)32-53(39)60(52(38)31-34)51-22-12-5-13-37(51)40-28-25-36(33-54(40)60)58-47-19-9-7-17-44(47)57(45-18-8-10-20-48(45)58)43-16-6-3-14-41(43)55-46(57)29-30-50-56(55)42-15-4-11-21-49(42)59-50/h3-33H,1-2H3. The third-order valence-corrected chi connectivity index (χ3v) is 20.4. The number of benzene rings is 9. The summed E-state index contributed by atoms with van der Waals surface area (Å²) in [5, 5.41) is 8.78. The van der Waals surface area contributed by atoms with Gasteiger partial charge in [-0.05, 0) is 127 Å². The highest BCUT2D eigenvalue weighted by Gasteiger charge is 2.55. The summed E-state index contributed by atoms with van der Waals surface area (Å²) in [7, 11) is -2.69. The number of para-hydroxylation sites is 2. The number of fused-ring (bicyclic) bond motifs is 23. The lowest BCUT2D eigenvalue weighted by Crippen LogP contribution is -2.70. The normalized spacial score (nSPS) is 15.1. The lowest BCUT2D eigenvalue weighted by atomic mass is 9.64. The molecule has 0 N–H and O–H groups in total. The molecule has 0 fully saturated rings. The molecule has 0 bridgehead atoms. The van der Waals surface area contributed by atoms with Crippen molar-refractivity contribution in [2.45, 2.75) is 19.3 Å². The van der Waals surface area contributed by atoms with Crippen LogP contribution in [0.2, 0.25) is 0 Å². The van der Waals surface area contributed by atoms with Crippen LogP contribution in [0.25, 0.3) is 53.6 Å². The topological polar surface area (TPSA) is 3.24 Å². The van der Waals surface area contributed by atoms with Crippen LogP contribution in [0.15, 0.2) is 188 Å². The highest BCUT2D eigenvalue weighted by Crippen LogP contribution is 2.65. The molecular formula is C57H37NSSi. The smallest absolute Gasteiger partial charge is 0.182 e. The average molecular weight is 796 g/mol. The van der Waals surface area contributed by atoms with Crippen LogP contribution in [-0.4, -0.2) is 8.07 Å². The molecule has 4 heterocycles. The van der Waals surface area contributed by atoms with Crippen LogP contribution >= 0.6 is 11.3 Å². The molecule has 0 saturated carbocycles. The van der Waals surface area contributed by atoms with E-state index < -0.39 is 13.5 Å². The maximum atomic E-state index is 2.61. The highest BCUT2D eigenvalue weighted by atomic mass is 32.1. The number of hydrogen-bond acceptors (Lipinski definition) is 2. The van der Waals surface area contributed by atoms with Crippen LogP contribution < -0.4 is 25.6 Å². The molecular weight excluding hydrogens is 759 g/mol. The SMILES string of the molecule is Cc1ccc2c(c1)[Si]1(c3ccccc3-c3ccc(N4c5ccccc5C5(c6ccccc6-c6c5ccc5sc7ccccc7c65)c5ccccc54)cc31)c1cc(C)ccc1-2. The maximum absolute atomic E-state index is 2.69. The van der Waals surface area contributed by atoms with E-state index in [9.17, 15) is 0 Å². The second-order valence-corrected chi connectivity index (χ2v) is 22.0. The van der Waals surface area contributed by atoms with Crippen molar-refractivity contribution < 1.29 is 0 Å². The molecule has 9 aromatic carbocycles. The van der Waals surface area contributed by atoms with E-state index in [4.69, 9.17) is 0 Å². The summed E-state index contributed by atoms with van der Waals surface area (Å²) in [6.45, 7) is 4.52. The van der Waals surface area contributed by atoms with Crippen molar-refractivity contribution in [1.29, 1.82) is 0 Å². The Kier molecular flexibility index (Phi) is 6.33. The summed E-state index contributed by atoms with van der Waals surface area (Å²) in [6, 6.07) is 72.8. The van der Waals surface area contributed by atoms with Gasteiger partial charge in [-0.2, -0.15) is 0 Å². The summed E-state index contributed by atoms with van der Waals surface area (Å²) in [4.78, 5) is 2.59. The molecule has 1 nitrogen and oxygen atoms in total. The molecule has 10 aromatic rings. The first kappa shape index (κ1) is 33.1. The van der Waals surface area contributed by atoms with Gasteiger partial charge in [-0.25, -0.2) is 0 Å². The Morgan fingerprint density at radius 2 is 0.967 bits per heavy atom. The summed E-state index contributed by atoms with van der Waals surface area (Å²) in [5.74, 6) is 0. The molecule has 0 unspecified atom stereocenters. The van der Waals surface area contributed by atoms with Gasteiger partial charge in [0.25, 0.3) is 0 Å². The molecule has 0 saturated heterocycles. The molecule has 14 rings (SSSR count). The van der Waals surface area contributed by atoms with Gasteiger partial charge < -0.3 is 4.90 Å². The van der Waals surface area contributed by atoms with E-state index in [1.165, 1.54) is 125 Å². The van der Waals surface area contributed by atoms with Crippen molar-refractivity contribution in [1.82, 2.24) is 0 Å². The first-order chi connectivity index (χ1) is 29.6. The van der Waals surface area contributed by atoms with E-state index in [1.54, 1.807) is 0 Å². The Hall–Kier alpha value is -6.78. The predicted molar refractivity (Wildman–Crippen MR) is 256 cm³/mol. The largest absolute Gasteiger partial charge is 0.310 e. The zero-order valence-corrected chi connectivity index (χ0v) is 35.1. The summed E-state index contributed by atoms with van der Waals surface area (Å²) >= 11 is 1.91. The minimum Gasteiger partial charge on any atom is -0.310 e. The fourth-order valence-corrected chi connectivity index (χ4v) is 19.2. The third kappa shape index (κ3) is 3.81. The molecule has 2 spiro atoms. The van der Waals surface area contributed by atoms with Crippen LogP contribution in [0.3, 0.4) is 0 Å². The summed E-state index contributed by atoms with van der Waals surface area (Å²) in [6.07, 6.45) is 0. The molecule has 60 heavy (non-hydrogen) atoms. The van der Waals surface area contributed by atoms with Crippen molar-refractivity contribution in [2.75, 3.05) is 4.90 Å². The number of thiophene rings is 1. The second kappa shape index (κ2) is 11.5. The predicted octanol–water partition coefficient (Wildman–Crippen LogP) is 12.2. The number of aryl methyl sites for hydroxylation is 2. The quantitative estimate of drug-likeness (QED) is 0.150. The lowest BCUT2D eigenvalue weighted by Gasteiger charge is -2.45. The van der Waals surface area contributed by atoms with Crippen molar-refractivity contribution >= 4 is 77.4 Å². The van der Waals surface area contributed by atoms with Crippen molar-refractivity contribution in [2.24, 2.45) is 0 Å². The fourth-order valence-electron chi connectivity index (χ4n) is 12.2. The Bertz CT molecular complexity index is 3450. The molecule has 0 radical (unpaired) electrons. The zero-order valence-electron chi connectivity index (χ0n) is 33.3. The molecule has 3 heteroatoms. The van der Waals surface area contributed by atoms with E-state index in [0.717, 1.165) is 0 Å². The van der Waals surface area contributed by atoms with Gasteiger partial charge in [-0.3, -0.25) is 0 Å². The summed E-state index contributed by atoms with van der Waals surface area (Å²) in [5.41, 5.74) is 19.5. The van der Waals surface area contributed by atoms with Crippen LogP contribution in [0.5, 0.6) is 0 Å². The Morgan fingerprint density at radius 3 is 1.68 bits per heavy atom. The van der Waals surface area contributed by atoms with Crippen LogP contribution in [0.4, 0.5) is 17.1 Å². The average Bonchev–Trinajstić information content (AvgIpc) is 3.99.